The van der Waals surface area contributed by atoms with Crippen molar-refractivity contribution in [2.75, 3.05) is 13.2 Å². The first kappa shape index (κ1) is 82.2. The van der Waals surface area contributed by atoms with Gasteiger partial charge in [0.05, 0.1) is 44.1 Å². The largest absolute Gasteiger partial charge is 0.481 e. The molecule has 560 valence electrons. The van der Waals surface area contributed by atoms with E-state index in [0.717, 1.165) is 47.2 Å². The van der Waals surface area contributed by atoms with Gasteiger partial charge in [0, 0.05) is 44.0 Å². The minimum absolute atomic E-state index is 0.0340. The second-order valence-electron chi connectivity index (χ2n) is 25.6. The fraction of sp³-hybridized carbons (Fsp3) is 0.370. The molecular weight excluding hydrogens is 1360 g/mol. The van der Waals surface area contributed by atoms with E-state index in [1.807, 2.05) is 74.5 Å². The second kappa shape index (κ2) is 39.1. The predicted molar refractivity (Wildman–Crippen MR) is 380 cm³/mol. The van der Waals surface area contributed by atoms with Crippen LogP contribution in [0.5, 0.6) is 0 Å². The predicted octanol–water partition coefficient (Wildman–Crippen LogP) is -1.57. The first-order chi connectivity index (χ1) is 49.7. The average Bonchev–Trinajstić information content (AvgIpc) is 1.03. The van der Waals surface area contributed by atoms with Gasteiger partial charge in [-0.25, -0.2) is 4.98 Å². The molecule has 0 aliphatic rings. The van der Waals surface area contributed by atoms with Gasteiger partial charge in [-0.15, -0.1) is 0 Å². The molecule has 0 bridgehead atoms. The zero-order chi connectivity index (χ0) is 77.2. The summed E-state index contributed by atoms with van der Waals surface area (Å²) >= 11 is 0. The van der Waals surface area contributed by atoms with Crippen LogP contribution < -0.4 is 64.6 Å². The van der Waals surface area contributed by atoms with Crippen LogP contribution in [0.15, 0.2) is 140 Å². The Morgan fingerprint density at radius 3 is 1.52 bits per heavy atom. The number of hydrogen-bond donors (Lipinski definition) is 18. The lowest BCUT2D eigenvalue weighted by Gasteiger charge is -2.34. The number of rotatable bonds is 39. The number of carboxylic acids is 2. The molecule has 5 aromatic carbocycles. The fourth-order valence-electron chi connectivity index (χ4n) is 11.1. The number of imidazole rings is 1. The number of nitrogens with one attached hydrogen (secondary N) is 11. The molecule has 0 saturated heterocycles. The van der Waals surface area contributed by atoms with Crippen molar-refractivity contribution in [1.29, 1.82) is 0 Å². The van der Waals surface area contributed by atoms with E-state index in [2.05, 4.69) is 63.1 Å². The number of aromatic amines is 1. The maximum atomic E-state index is 14.6. The van der Waals surface area contributed by atoms with Gasteiger partial charge in [-0.3, -0.25) is 62.3 Å². The molecule has 0 unspecified atom stereocenters. The highest BCUT2D eigenvalue weighted by Crippen LogP contribution is 2.26. The molecule has 32 heteroatoms. The van der Waals surface area contributed by atoms with Crippen molar-refractivity contribution in [2.24, 2.45) is 11.5 Å². The minimum atomic E-state index is -2.17. The summed E-state index contributed by atoms with van der Waals surface area (Å²) < 4.78 is 0. The highest BCUT2D eigenvalue weighted by molar-refractivity contribution is 6.00. The highest BCUT2D eigenvalue weighted by Gasteiger charge is 2.42. The van der Waals surface area contributed by atoms with Gasteiger partial charge in [0.2, 0.25) is 65.0 Å². The number of amides is 11. The van der Waals surface area contributed by atoms with E-state index in [0.29, 0.717) is 22.4 Å². The molecule has 0 radical (unpaired) electrons. The summed E-state index contributed by atoms with van der Waals surface area (Å²) in [5, 5.41) is 75.4. The van der Waals surface area contributed by atoms with Crippen LogP contribution in [0.1, 0.15) is 80.5 Å². The van der Waals surface area contributed by atoms with Crippen molar-refractivity contribution in [3.63, 3.8) is 0 Å². The second-order valence-corrected chi connectivity index (χ2v) is 25.6. The Hall–Kier alpha value is -11.7. The van der Waals surface area contributed by atoms with Crippen molar-refractivity contribution >= 4 is 76.9 Å². The normalized spacial score (nSPS) is 14.8. The van der Waals surface area contributed by atoms with E-state index < -0.39 is 181 Å². The Labute approximate surface area is 604 Å². The topological polar surface area (TPSA) is 524 Å². The van der Waals surface area contributed by atoms with Gasteiger partial charge < -0.3 is 95.2 Å². The zero-order valence-electron chi connectivity index (χ0n) is 58.6. The van der Waals surface area contributed by atoms with Crippen LogP contribution >= 0.6 is 0 Å². The van der Waals surface area contributed by atoms with E-state index in [9.17, 15) is 87.9 Å². The van der Waals surface area contributed by atoms with Crippen LogP contribution in [0.4, 0.5) is 0 Å². The number of nitrogens with zero attached hydrogens (tertiary/aromatic N) is 1. The minimum Gasteiger partial charge on any atom is -0.481 e. The number of aromatic nitrogens is 2. The monoisotopic (exact) mass is 1450 g/mol. The van der Waals surface area contributed by atoms with E-state index >= 15 is 0 Å². The highest BCUT2D eigenvalue weighted by atomic mass is 16.4. The number of benzene rings is 5. The standard InChI is InChI=1S/C73H90N14O18/c1-39-14-10-12-18-50(39)47-24-20-44(21-25-47)30-54(63(75)96)81-67(100)55(31-45-22-26-48(27-23-45)51-19-13-11-15-40(51)2)82-68(101)56(33-60(94)95)83-69(102)57(37-88)84-70(103)61(42(4)89)86-72(105)73(6,34-46-16-8-7-9-17-46)87-71(104)62(43(5)90)85-58(91)36-77-66(99)53(28-29-59(92)93)80-64(97)41(3)79-65(98)52(74)32-49-35-76-38-78-49/h7-27,35,38,41-43,52-57,61-62,88-90H,28-34,36-37,74H2,1-6H3,(H2,75,96)(H,76,78)(H,77,99)(H,79,98)(H,80,97)(H,81,100)(H,82,101)(H,83,102)(H,84,103)(H,85,91)(H,86,105)(H,87,104)(H,92,93)(H,94,95)/t41-,42+,43+,52-,53-,54-,55-,56-,57-,61-,62-,73-/m0/s1. The van der Waals surface area contributed by atoms with Gasteiger partial charge in [-0.2, -0.15) is 0 Å². The number of aryl methyl sites for hydroxylation is 2. The number of hydrogen-bond acceptors (Lipinski definition) is 18. The van der Waals surface area contributed by atoms with Crippen LogP contribution in [0.2, 0.25) is 0 Å². The number of carbonyl (C=O) groups excluding carboxylic acids is 11. The van der Waals surface area contributed by atoms with Crippen molar-refractivity contribution in [3.05, 3.63) is 173 Å². The summed E-state index contributed by atoms with van der Waals surface area (Å²) in [6, 6.07) is 22.5. The molecule has 11 amide bonds. The fourth-order valence-corrected chi connectivity index (χ4v) is 11.1. The lowest BCUT2D eigenvalue weighted by atomic mass is 9.90. The Morgan fingerprint density at radius 2 is 1.01 bits per heavy atom. The molecule has 6 rings (SSSR count). The third-order valence-corrected chi connectivity index (χ3v) is 17.0. The van der Waals surface area contributed by atoms with E-state index in [1.165, 1.54) is 26.4 Å². The van der Waals surface area contributed by atoms with Crippen molar-refractivity contribution in [2.45, 2.75) is 159 Å². The molecule has 0 aliphatic carbocycles. The van der Waals surface area contributed by atoms with Gasteiger partial charge >= 0.3 is 11.9 Å². The van der Waals surface area contributed by atoms with E-state index in [1.54, 1.807) is 66.7 Å². The lowest BCUT2D eigenvalue weighted by molar-refractivity contribution is -0.142. The quantitative estimate of drug-likeness (QED) is 0.0207. The summed E-state index contributed by atoms with van der Waals surface area (Å²) in [5.74, 6) is -15.1. The number of carbonyl (C=O) groups is 13. The maximum Gasteiger partial charge on any atom is 0.305 e. The number of aliphatic carboxylic acids is 2. The van der Waals surface area contributed by atoms with E-state index in [4.69, 9.17) is 11.5 Å². The van der Waals surface area contributed by atoms with E-state index in [-0.39, 0.29) is 25.7 Å². The average molecular weight is 1450 g/mol. The first-order valence-corrected chi connectivity index (χ1v) is 33.5. The Kier molecular flexibility index (Phi) is 30.6. The number of aliphatic hydroxyl groups is 3. The van der Waals surface area contributed by atoms with Gasteiger partial charge in [0.1, 0.15) is 53.9 Å². The molecular formula is C73H90N14O18. The van der Waals surface area contributed by atoms with Crippen LogP contribution in [0.3, 0.4) is 0 Å². The van der Waals surface area contributed by atoms with Gasteiger partial charge in [0.15, 0.2) is 0 Å². The molecule has 20 N–H and O–H groups in total. The maximum absolute atomic E-state index is 14.6. The van der Waals surface area contributed by atoms with Crippen molar-refractivity contribution < 1.29 is 87.9 Å². The SMILES string of the molecule is Cc1ccccc1-c1ccc(C[C@H](NC(=O)[C@H](Cc2ccc(-c3ccccc3C)cc2)NC(=O)[C@H](CC(=O)O)NC(=O)[C@H](CO)NC(=O)[C@@H](NC(=O)[C@](C)(Cc2ccccc2)NC(=O)[C@@H](NC(=O)CNC(=O)[C@H](CCC(=O)O)NC(=O)[C@H](C)NC(=O)[C@@H](N)Cc2cnc[nH]2)[C@@H](C)O)[C@@H](C)O)C(N)=O)cc1. The molecule has 0 spiro atoms. The number of primary amides is 1. The summed E-state index contributed by atoms with van der Waals surface area (Å²) in [4.78, 5) is 182. The molecule has 6 aromatic rings. The smallest absolute Gasteiger partial charge is 0.305 e. The van der Waals surface area contributed by atoms with Crippen LogP contribution in [-0.4, -0.2) is 198 Å². The number of aliphatic hydroxyl groups excluding tert-OH is 3. The molecule has 0 fully saturated rings. The number of carboxylic acid groups (broad SMARTS) is 2. The molecule has 1 heterocycles. The first-order valence-electron chi connectivity index (χ1n) is 33.5. The van der Waals surface area contributed by atoms with Gasteiger partial charge in [0.25, 0.3) is 0 Å². The summed E-state index contributed by atoms with van der Waals surface area (Å²) in [5.41, 5.74) is 17.3. The number of H-pyrrole nitrogens is 1. The molecule has 105 heavy (non-hydrogen) atoms. The molecule has 0 aliphatic heterocycles. The Balaban J connectivity index is 1.15. The van der Waals surface area contributed by atoms with Crippen molar-refractivity contribution in [1.82, 2.24) is 63.1 Å². The Bertz CT molecular complexity index is 4050. The van der Waals surface area contributed by atoms with Gasteiger partial charge in [-0.1, -0.05) is 127 Å². The molecule has 32 nitrogen and oxygen atoms in total. The van der Waals surface area contributed by atoms with Crippen LogP contribution in [0.25, 0.3) is 22.3 Å². The summed E-state index contributed by atoms with van der Waals surface area (Å²) in [6.07, 6.45) is -3.69. The molecule has 0 saturated carbocycles. The molecule has 1 aromatic heterocycles. The van der Waals surface area contributed by atoms with Crippen LogP contribution in [0, 0.1) is 13.8 Å². The summed E-state index contributed by atoms with van der Waals surface area (Å²) in [7, 11) is 0. The third kappa shape index (κ3) is 25.0. The van der Waals surface area contributed by atoms with Gasteiger partial charge in [-0.05, 0) is 98.0 Å². The number of nitrogens with two attached hydrogens (primary N) is 2. The Morgan fingerprint density at radius 1 is 0.514 bits per heavy atom. The zero-order valence-corrected chi connectivity index (χ0v) is 58.6. The van der Waals surface area contributed by atoms with Crippen LogP contribution in [-0.2, 0) is 88.0 Å². The molecule has 12 atom stereocenters. The third-order valence-electron chi connectivity index (χ3n) is 17.0. The summed E-state index contributed by atoms with van der Waals surface area (Å²) in [6.45, 7) is 6.33. The van der Waals surface area contributed by atoms with Crippen molar-refractivity contribution in [3.8, 4) is 22.3 Å². The lowest BCUT2D eigenvalue weighted by Crippen LogP contribution is -2.67.